The Morgan fingerprint density at radius 3 is 2.50 bits per heavy atom. The van der Waals surface area contributed by atoms with Crippen LogP contribution in [0.25, 0.3) is 0 Å². The van der Waals surface area contributed by atoms with E-state index in [0.29, 0.717) is 0 Å². The van der Waals surface area contributed by atoms with Gasteiger partial charge < -0.3 is 15.0 Å². The summed E-state index contributed by atoms with van der Waals surface area (Å²) in [5.41, 5.74) is 0.521. The number of amides is 2. The lowest BCUT2D eigenvalue weighted by molar-refractivity contribution is -0.144. The quantitative estimate of drug-likeness (QED) is 0.679. The van der Waals surface area contributed by atoms with Crippen molar-refractivity contribution < 1.29 is 19.1 Å². The predicted molar refractivity (Wildman–Crippen MR) is 90.7 cm³/mol. The van der Waals surface area contributed by atoms with Gasteiger partial charge >= 0.3 is 17.8 Å². The Morgan fingerprint density at radius 1 is 1.17 bits per heavy atom. The van der Waals surface area contributed by atoms with Gasteiger partial charge in [0, 0.05) is 13.1 Å². The first-order chi connectivity index (χ1) is 11.5. The molecule has 0 saturated heterocycles. The molecule has 2 rings (SSSR count). The molecule has 0 bridgehead atoms. The minimum absolute atomic E-state index is 0.109. The van der Waals surface area contributed by atoms with Crippen molar-refractivity contribution in [2.75, 3.05) is 19.0 Å². The lowest BCUT2D eigenvalue weighted by Gasteiger charge is -2.30. The van der Waals surface area contributed by atoms with Gasteiger partial charge in [0.1, 0.15) is 0 Å². The molecular weight excluding hydrogens is 308 g/mol. The van der Waals surface area contributed by atoms with E-state index in [1.807, 2.05) is 0 Å². The Hall–Kier alpha value is -2.37. The third kappa shape index (κ3) is 4.34. The van der Waals surface area contributed by atoms with Crippen LogP contribution < -0.4 is 5.32 Å². The van der Waals surface area contributed by atoms with E-state index in [1.165, 1.54) is 11.3 Å². The molecule has 0 spiro atoms. The van der Waals surface area contributed by atoms with Crippen molar-refractivity contribution >= 4 is 23.5 Å². The van der Waals surface area contributed by atoms with E-state index in [1.54, 1.807) is 38.2 Å². The number of esters is 1. The first-order valence-corrected chi connectivity index (χ1v) is 8.39. The number of ether oxygens (including phenoxy) is 1. The summed E-state index contributed by atoms with van der Waals surface area (Å²) >= 11 is 0. The minimum Gasteiger partial charge on any atom is -0.462 e. The molecule has 1 fully saturated rings. The molecule has 2 amide bonds. The second-order valence-electron chi connectivity index (χ2n) is 5.93. The zero-order chi connectivity index (χ0) is 17.5. The van der Waals surface area contributed by atoms with E-state index in [-0.39, 0.29) is 23.9 Å². The highest BCUT2D eigenvalue weighted by Gasteiger charge is 2.27. The summed E-state index contributed by atoms with van der Waals surface area (Å²) in [6.07, 6.45) is 5.19. The van der Waals surface area contributed by atoms with Gasteiger partial charge in [-0.15, -0.1) is 0 Å². The summed E-state index contributed by atoms with van der Waals surface area (Å²) in [7, 11) is 1.66. The number of carbonyl (C=O) groups excluding carboxylic acids is 3. The molecule has 6 nitrogen and oxygen atoms in total. The number of hydrogen-bond acceptors (Lipinski definition) is 4. The predicted octanol–water partition coefficient (Wildman–Crippen LogP) is 2.59. The molecule has 1 saturated carbocycles. The number of nitrogens with zero attached hydrogens (tertiary/aromatic N) is 1. The standard InChI is InChI=1S/C18H24N2O4/c1-3-24-18(23)14-11-7-8-12-15(14)19-16(21)17(22)20(2)13-9-5-4-6-10-13/h7-8,11-13H,3-6,9-10H2,1-2H3,(H,19,21). The molecular formula is C18H24N2O4. The molecule has 1 aromatic carbocycles. The van der Waals surface area contributed by atoms with Gasteiger partial charge in [-0.2, -0.15) is 0 Å². The molecule has 6 heteroatoms. The highest BCUT2D eigenvalue weighted by molar-refractivity contribution is 6.39. The van der Waals surface area contributed by atoms with Crippen LogP contribution in [-0.4, -0.2) is 42.4 Å². The Balaban J connectivity index is 2.06. The second kappa shape index (κ2) is 8.47. The lowest BCUT2D eigenvalue weighted by Crippen LogP contribution is -2.44. The van der Waals surface area contributed by atoms with Crippen LogP contribution in [0.3, 0.4) is 0 Å². The summed E-state index contributed by atoms with van der Waals surface area (Å²) in [5, 5.41) is 2.54. The maximum absolute atomic E-state index is 12.4. The van der Waals surface area contributed by atoms with E-state index in [2.05, 4.69) is 5.32 Å². The van der Waals surface area contributed by atoms with Crippen LogP contribution in [0.5, 0.6) is 0 Å². The molecule has 1 aromatic rings. The maximum Gasteiger partial charge on any atom is 0.340 e. The number of likely N-dealkylation sites (N-methyl/N-ethyl adjacent to an activating group) is 1. The first kappa shape index (κ1) is 18.0. The molecule has 0 radical (unpaired) electrons. The van der Waals surface area contributed by atoms with Gasteiger partial charge in [-0.05, 0) is 31.9 Å². The summed E-state index contributed by atoms with van der Waals surface area (Å²) in [4.78, 5) is 38.1. The van der Waals surface area contributed by atoms with Crippen molar-refractivity contribution in [3.05, 3.63) is 29.8 Å². The van der Waals surface area contributed by atoms with E-state index in [4.69, 9.17) is 4.74 Å². The summed E-state index contributed by atoms with van der Waals surface area (Å²) in [6, 6.07) is 6.62. The van der Waals surface area contributed by atoms with Crippen LogP contribution in [0.1, 0.15) is 49.4 Å². The molecule has 0 unspecified atom stereocenters. The lowest BCUT2D eigenvalue weighted by atomic mass is 9.94. The molecule has 1 aliphatic rings. The minimum atomic E-state index is -0.736. The molecule has 0 heterocycles. The molecule has 0 aliphatic heterocycles. The zero-order valence-electron chi connectivity index (χ0n) is 14.2. The molecule has 1 N–H and O–H groups in total. The van der Waals surface area contributed by atoms with Crippen LogP contribution in [0.4, 0.5) is 5.69 Å². The average Bonchev–Trinajstić information content (AvgIpc) is 2.61. The topological polar surface area (TPSA) is 75.7 Å². The number of nitrogens with one attached hydrogen (secondary N) is 1. The van der Waals surface area contributed by atoms with Crippen LogP contribution >= 0.6 is 0 Å². The average molecular weight is 332 g/mol. The van der Waals surface area contributed by atoms with Gasteiger partial charge in [-0.1, -0.05) is 31.4 Å². The van der Waals surface area contributed by atoms with Crippen molar-refractivity contribution in [1.29, 1.82) is 0 Å². The largest absolute Gasteiger partial charge is 0.462 e. The monoisotopic (exact) mass is 332 g/mol. The van der Waals surface area contributed by atoms with Gasteiger partial charge in [0.15, 0.2) is 0 Å². The molecule has 24 heavy (non-hydrogen) atoms. The Labute approximate surface area is 142 Å². The molecule has 1 aliphatic carbocycles. The van der Waals surface area contributed by atoms with Gasteiger partial charge in [0.05, 0.1) is 17.9 Å². The first-order valence-electron chi connectivity index (χ1n) is 8.39. The number of para-hydroxylation sites is 1. The third-order valence-corrected chi connectivity index (χ3v) is 4.31. The SMILES string of the molecule is CCOC(=O)c1ccccc1NC(=O)C(=O)N(C)C1CCCCC1. The molecule has 0 aromatic heterocycles. The van der Waals surface area contributed by atoms with Crippen LogP contribution in [-0.2, 0) is 14.3 Å². The van der Waals surface area contributed by atoms with Crippen molar-refractivity contribution in [2.45, 2.75) is 45.1 Å². The zero-order valence-corrected chi connectivity index (χ0v) is 14.2. The van der Waals surface area contributed by atoms with E-state index >= 15 is 0 Å². The number of rotatable bonds is 4. The van der Waals surface area contributed by atoms with E-state index in [9.17, 15) is 14.4 Å². The fourth-order valence-corrected chi connectivity index (χ4v) is 2.95. The summed E-state index contributed by atoms with van der Waals surface area (Å²) < 4.78 is 4.97. The van der Waals surface area contributed by atoms with Crippen molar-refractivity contribution in [3.63, 3.8) is 0 Å². The number of benzene rings is 1. The van der Waals surface area contributed by atoms with Gasteiger partial charge in [-0.3, -0.25) is 9.59 Å². The maximum atomic E-state index is 12.4. The third-order valence-electron chi connectivity index (χ3n) is 4.31. The summed E-state index contributed by atoms with van der Waals surface area (Å²) in [5.74, 6) is -1.85. The van der Waals surface area contributed by atoms with E-state index in [0.717, 1.165) is 25.7 Å². The Bertz CT molecular complexity index is 609. The fraction of sp³-hybridized carbons (Fsp3) is 0.500. The highest BCUT2D eigenvalue weighted by Crippen LogP contribution is 2.22. The van der Waals surface area contributed by atoms with Crippen LogP contribution in [0, 0.1) is 0 Å². The number of anilines is 1. The molecule has 130 valence electrons. The van der Waals surface area contributed by atoms with Gasteiger partial charge in [0.2, 0.25) is 0 Å². The number of carbonyl (C=O) groups is 3. The second-order valence-corrected chi connectivity index (χ2v) is 5.93. The smallest absolute Gasteiger partial charge is 0.340 e. The Morgan fingerprint density at radius 2 is 1.83 bits per heavy atom. The Kier molecular flexibility index (Phi) is 6.35. The summed E-state index contributed by atoms with van der Waals surface area (Å²) in [6.45, 7) is 1.95. The normalized spacial score (nSPS) is 14.8. The molecule has 0 atom stereocenters. The van der Waals surface area contributed by atoms with Crippen LogP contribution in [0.2, 0.25) is 0 Å². The van der Waals surface area contributed by atoms with Crippen molar-refractivity contribution in [1.82, 2.24) is 4.90 Å². The van der Waals surface area contributed by atoms with E-state index < -0.39 is 17.8 Å². The number of hydrogen-bond donors (Lipinski definition) is 1. The van der Waals surface area contributed by atoms with Crippen molar-refractivity contribution in [2.24, 2.45) is 0 Å². The highest BCUT2D eigenvalue weighted by atomic mass is 16.5. The van der Waals surface area contributed by atoms with Gasteiger partial charge in [-0.25, -0.2) is 4.79 Å². The fourth-order valence-electron chi connectivity index (χ4n) is 2.95. The van der Waals surface area contributed by atoms with Crippen molar-refractivity contribution in [3.8, 4) is 0 Å². The van der Waals surface area contributed by atoms with Crippen LogP contribution in [0.15, 0.2) is 24.3 Å². The van der Waals surface area contributed by atoms with Gasteiger partial charge in [0.25, 0.3) is 0 Å².